The zero-order chi connectivity index (χ0) is 20.4. The van der Waals surface area contributed by atoms with E-state index < -0.39 is 15.9 Å². The van der Waals surface area contributed by atoms with Gasteiger partial charge in [0.25, 0.3) is 0 Å². The number of halogens is 1. The van der Waals surface area contributed by atoms with Crippen LogP contribution in [0.25, 0.3) is 0 Å². The summed E-state index contributed by atoms with van der Waals surface area (Å²) in [6, 6.07) is 11.9. The van der Waals surface area contributed by atoms with Gasteiger partial charge in [-0.2, -0.15) is 0 Å². The number of hydrogen-bond donors (Lipinski definition) is 1. The van der Waals surface area contributed by atoms with E-state index in [0.717, 1.165) is 0 Å². The number of nitrogens with one attached hydrogen (secondary N) is 1. The van der Waals surface area contributed by atoms with E-state index in [-0.39, 0.29) is 25.0 Å². The highest BCUT2D eigenvalue weighted by Gasteiger charge is 2.32. The van der Waals surface area contributed by atoms with Crippen LogP contribution in [-0.2, 0) is 20.6 Å². The average Bonchev–Trinajstić information content (AvgIpc) is 3.17. The van der Waals surface area contributed by atoms with Gasteiger partial charge in [-0.05, 0) is 42.7 Å². The first-order valence-corrected chi connectivity index (χ1v) is 11.3. The monoisotopic (exact) mass is 436 g/mol. The first kappa shape index (κ1) is 20.0. The summed E-state index contributed by atoms with van der Waals surface area (Å²) in [5.41, 5.74) is 1.27. The lowest BCUT2D eigenvalue weighted by Gasteiger charge is -2.31. The molecule has 0 unspecified atom stereocenters. The normalized spacial score (nSPS) is 19.1. The van der Waals surface area contributed by atoms with E-state index in [2.05, 4.69) is 5.32 Å². The van der Waals surface area contributed by atoms with Crippen LogP contribution in [-0.4, -0.2) is 38.5 Å². The smallest absolute Gasteiger partial charge is 0.231 e. The lowest BCUT2D eigenvalue weighted by Crippen LogP contribution is -2.44. The second-order valence-corrected chi connectivity index (χ2v) is 9.54. The summed E-state index contributed by atoms with van der Waals surface area (Å²) < 4.78 is 37.7. The molecule has 2 aliphatic heterocycles. The maximum Gasteiger partial charge on any atom is 0.231 e. The Morgan fingerprint density at radius 3 is 2.69 bits per heavy atom. The molecular weight excluding hydrogens is 416 g/mol. The Labute approximate surface area is 174 Å². The molecule has 29 heavy (non-hydrogen) atoms. The number of carbonyl (C=O) groups excluding carboxylic acids is 1. The van der Waals surface area contributed by atoms with Crippen LogP contribution >= 0.6 is 11.6 Å². The Hall–Kier alpha value is -2.29. The van der Waals surface area contributed by atoms with E-state index >= 15 is 0 Å². The molecule has 4 rings (SSSR count). The zero-order valence-corrected chi connectivity index (χ0v) is 17.2. The molecule has 1 saturated heterocycles. The van der Waals surface area contributed by atoms with Crippen LogP contribution in [0.2, 0.25) is 5.02 Å². The fourth-order valence-electron chi connectivity index (χ4n) is 3.51. The summed E-state index contributed by atoms with van der Waals surface area (Å²) >= 11 is 5.86. The summed E-state index contributed by atoms with van der Waals surface area (Å²) in [6.45, 7) is 0.756. The summed E-state index contributed by atoms with van der Waals surface area (Å²) in [7, 11) is -3.52. The number of rotatable bonds is 5. The van der Waals surface area contributed by atoms with Crippen LogP contribution < -0.4 is 14.8 Å². The second-order valence-electron chi connectivity index (χ2n) is 7.14. The van der Waals surface area contributed by atoms with Crippen molar-refractivity contribution in [3.63, 3.8) is 0 Å². The molecule has 0 aromatic heterocycles. The van der Waals surface area contributed by atoms with Gasteiger partial charge in [-0.3, -0.25) is 4.79 Å². The molecule has 2 aliphatic rings. The molecule has 9 heteroatoms. The first-order valence-electron chi connectivity index (χ1n) is 9.33. The van der Waals surface area contributed by atoms with Crippen LogP contribution in [0.5, 0.6) is 11.5 Å². The first-order chi connectivity index (χ1) is 13.9. The Morgan fingerprint density at radius 2 is 1.90 bits per heavy atom. The van der Waals surface area contributed by atoms with Gasteiger partial charge in [0, 0.05) is 29.9 Å². The van der Waals surface area contributed by atoms with Crippen molar-refractivity contribution in [1.82, 2.24) is 4.31 Å². The Bertz CT molecular complexity index is 1010. The molecule has 1 N–H and O–H groups in total. The molecular formula is C20H21ClN2O5S. The molecule has 154 valence electrons. The number of carbonyl (C=O) groups is 1. The highest BCUT2D eigenvalue weighted by molar-refractivity contribution is 7.88. The fraction of sp³-hybridized carbons (Fsp3) is 0.350. The minimum atomic E-state index is -3.52. The highest BCUT2D eigenvalue weighted by Crippen LogP contribution is 2.34. The number of sulfonamides is 1. The van der Waals surface area contributed by atoms with E-state index in [9.17, 15) is 13.2 Å². The molecule has 7 nitrogen and oxygen atoms in total. The lowest BCUT2D eigenvalue weighted by molar-refractivity contribution is -0.120. The molecule has 1 amide bonds. The molecule has 0 aliphatic carbocycles. The quantitative estimate of drug-likeness (QED) is 0.777. The van der Waals surface area contributed by atoms with Crippen LogP contribution in [0.15, 0.2) is 42.5 Å². The number of nitrogens with zero attached hydrogens (tertiary/aromatic N) is 1. The molecule has 0 spiro atoms. The maximum absolute atomic E-state index is 12.8. The van der Waals surface area contributed by atoms with Crippen molar-refractivity contribution < 1.29 is 22.7 Å². The number of amides is 1. The molecule has 2 aromatic rings. The predicted molar refractivity (Wildman–Crippen MR) is 110 cm³/mol. The zero-order valence-electron chi connectivity index (χ0n) is 15.6. The maximum atomic E-state index is 12.8. The van der Waals surface area contributed by atoms with Crippen molar-refractivity contribution in [2.24, 2.45) is 5.92 Å². The minimum absolute atomic E-state index is 0.110. The van der Waals surface area contributed by atoms with Gasteiger partial charge in [-0.25, -0.2) is 12.7 Å². The predicted octanol–water partition coefficient (Wildman–Crippen LogP) is 3.25. The van der Waals surface area contributed by atoms with Crippen molar-refractivity contribution in [1.29, 1.82) is 0 Å². The highest BCUT2D eigenvalue weighted by atomic mass is 35.5. The average molecular weight is 437 g/mol. The summed E-state index contributed by atoms with van der Waals surface area (Å²) in [6.07, 6.45) is 1.28. The third-order valence-electron chi connectivity index (χ3n) is 5.05. The third-order valence-corrected chi connectivity index (χ3v) is 7.12. The lowest BCUT2D eigenvalue weighted by atomic mass is 9.98. The SMILES string of the molecule is O=C(Nc1ccc2c(c1)OCO2)[C@H]1CCCN(S(=O)(=O)Cc2ccc(Cl)cc2)C1. The van der Waals surface area contributed by atoms with Crippen LogP contribution in [0.4, 0.5) is 5.69 Å². The van der Waals surface area contributed by atoms with Crippen molar-refractivity contribution in [3.8, 4) is 11.5 Å². The van der Waals surface area contributed by atoms with Gasteiger partial charge in [0.2, 0.25) is 22.7 Å². The van der Waals surface area contributed by atoms with E-state index in [1.165, 1.54) is 4.31 Å². The minimum Gasteiger partial charge on any atom is -0.454 e. The molecule has 2 heterocycles. The topological polar surface area (TPSA) is 84.9 Å². The molecule has 0 bridgehead atoms. The molecule has 1 fully saturated rings. The van der Waals surface area contributed by atoms with Gasteiger partial charge in [-0.1, -0.05) is 23.7 Å². The van der Waals surface area contributed by atoms with Crippen molar-refractivity contribution in [2.45, 2.75) is 18.6 Å². The van der Waals surface area contributed by atoms with Crippen molar-refractivity contribution in [2.75, 3.05) is 25.2 Å². The number of ether oxygens (including phenoxy) is 2. The van der Waals surface area contributed by atoms with E-state index in [1.807, 2.05) is 0 Å². The third kappa shape index (κ3) is 4.66. The summed E-state index contributed by atoms with van der Waals surface area (Å²) in [5, 5.41) is 3.42. The Balaban J connectivity index is 1.40. The standard InChI is InChI=1S/C20H21ClN2O5S/c21-16-5-3-14(4-6-16)12-29(25,26)23-9-1-2-15(11-23)20(24)22-17-7-8-18-19(10-17)28-13-27-18/h3-8,10,15H,1-2,9,11-13H2,(H,22,24)/t15-/m0/s1. The van der Waals surface area contributed by atoms with Gasteiger partial charge in [0.05, 0.1) is 11.7 Å². The number of fused-ring (bicyclic) bond motifs is 1. The molecule has 0 radical (unpaired) electrons. The van der Waals surface area contributed by atoms with Gasteiger partial charge in [0.1, 0.15) is 0 Å². The van der Waals surface area contributed by atoms with Crippen molar-refractivity contribution >= 4 is 33.2 Å². The van der Waals surface area contributed by atoms with Crippen molar-refractivity contribution in [3.05, 3.63) is 53.1 Å². The van der Waals surface area contributed by atoms with Gasteiger partial charge < -0.3 is 14.8 Å². The van der Waals surface area contributed by atoms with E-state index in [4.69, 9.17) is 21.1 Å². The van der Waals surface area contributed by atoms with E-state index in [0.29, 0.717) is 47.2 Å². The number of benzene rings is 2. The van der Waals surface area contributed by atoms with Gasteiger partial charge >= 0.3 is 0 Å². The Kier molecular flexibility index (Phi) is 5.67. The molecule has 0 saturated carbocycles. The number of hydrogen-bond acceptors (Lipinski definition) is 5. The van der Waals surface area contributed by atoms with Crippen LogP contribution in [0, 0.1) is 5.92 Å². The summed E-state index contributed by atoms with van der Waals surface area (Å²) in [4.78, 5) is 12.7. The second kappa shape index (κ2) is 8.22. The van der Waals surface area contributed by atoms with Crippen LogP contribution in [0.3, 0.4) is 0 Å². The molecule has 1 atom stereocenters. The Morgan fingerprint density at radius 1 is 1.14 bits per heavy atom. The number of piperidine rings is 1. The van der Waals surface area contributed by atoms with E-state index in [1.54, 1.807) is 42.5 Å². The fourth-order valence-corrected chi connectivity index (χ4v) is 5.25. The number of anilines is 1. The van der Waals surface area contributed by atoms with Gasteiger partial charge in [0.15, 0.2) is 11.5 Å². The summed E-state index contributed by atoms with van der Waals surface area (Å²) in [5.74, 6) is 0.504. The van der Waals surface area contributed by atoms with Crippen LogP contribution in [0.1, 0.15) is 18.4 Å². The van der Waals surface area contributed by atoms with Gasteiger partial charge in [-0.15, -0.1) is 0 Å². The molecule has 2 aromatic carbocycles. The largest absolute Gasteiger partial charge is 0.454 e.